The highest BCUT2D eigenvalue weighted by Gasteiger charge is 2.21. The van der Waals surface area contributed by atoms with Crippen LogP contribution >= 0.6 is 23.6 Å². The van der Waals surface area contributed by atoms with E-state index in [2.05, 4.69) is 12.2 Å². The fourth-order valence-corrected chi connectivity index (χ4v) is 4.05. The van der Waals surface area contributed by atoms with Crippen LogP contribution in [0.4, 0.5) is 5.82 Å². The van der Waals surface area contributed by atoms with Gasteiger partial charge in [-0.3, -0.25) is 9.36 Å². The van der Waals surface area contributed by atoms with Crippen molar-refractivity contribution < 1.29 is 9.53 Å². The first kappa shape index (κ1) is 17.1. The topological polar surface area (TPSA) is 69.3 Å². The van der Waals surface area contributed by atoms with Gasteiger partial charge in [0.1, 0.15) is 10.7 Å². The van der Waals surface area contributed by atoms with E-state index in [0.29, 0.717) is 21.2 Å². The Bertz CT molecular complexity index is 774. The molecule has 3 N–H and O–H groups in total. The molecule has 1 aliphatic rings. The Kier molecular flexibility index (Phi) is 5.33. The number of nitrogen functional groups attached to an aromatic ring is 1. The van der Waals surface area contributed by atoms with E-state index in [9.17, 15) is 4.79 Å². The van der Waals surface area contributed by atoms with E-state index in [1.54, 1.807) is 4.57 Å². The number of nitrogens with two attached hydrogens (primary N) is 1. The lowest BCUT2D eigenvalue weighted by atomic mass is 10.1. The summed E-state index contributed by atoms with van der Waals surface area (Å²) in [6.45, 7) is 3.38. The molecule has 0 saturated carbocycles. The Morgan fingerprint density at radius 3 is 2.83 bits per heavy atom. The lowest BCUT2D eigenvalue weighted by Gasteiger charge is -2.11. The molecule has 5 nitrogen and oxygen atoms in total. The molecule has 1 aromatic heterocycles. The van der Waals surface area contributed by atoms with Gasteiger partial charge in [0.05, 0.1) is 6.10 Å². The molecule has 1 fully saturated rings. The first-order valence-corrected chi connectivity index (χ1v) is 9.33. The van der Waals surface area contributed by atoms with Crippen molar-refractivity contribution in [1.29, 1.82) is 0 Å². The number of thiazole rings is 1. The van der Waals surface area contributed by atoms with Crippen LogP contribution in [0, 0.1) is 3.95 Å². The molecule has 2 aromatic rings. The van der Waals surface area contributed by atoms with Gasteiger partial charge in [0.15, 0.2) is 3.95 Å². The zero-order valence-corrected chi connectivity index (χ0v) is 15.2. The van der Waals surface area contributed by atoms with Gasteiger partial charge in [-0.2, -0.15) is 0 Å². The zero-order valence-electron chi connectivity index (χ0n) is 13.6. The van der Waals surface area contributed by atoms with Gasteiger partial charge in [0.25, 0.3) is 5.91 Å². The predicted octanol–water partition coefficient (Wildman–Crippen LogP) is 3.32. The first-order chi connectivity index (χ1) is 11.6. The number of anilines is 1. The molecule has 24 heavy (non-hydrogen) atoms. The summed E-state index contributed by atoms with van der Waals surface area (Å²) < 4.78 is 7.84. The average Bonchev–Trinajstić information content (AvgIpc) is 3.21. The van der Waals surface area contributed by atoms with Gasteiger partial charge in [-0.15, -0.1) is 0 Å². The Morgan fingerprint density at radius 2 is 2.21 bits per heavy atom. The molecule has 0 radical (unpaired) electrons. The number of ether oxygens (including phenoxy) is 1. The summed E-state index contributed by atoms with van der Waals surface area (Å²) in [5.41, 5.74) is 8.33. The summed E-state index contributed by atoms with van der Waals surface area (Å²) in [6, 6.07) is 8.05. The van der Waals surface area contributed by atoms with Crippen molar-refractivity contribution in [3.05, 3.63) is 38.7 Å². The first-order valence-electron chi connectivity index (χ1n) is 8.10. The molecular formula is C17H21N3O2S2. The normalized spacial score (nSPS) is 17.1. The third kappa shape index (κ3) is 3.53. The summed E-state index contributed by atoms with van der Waals surface area (Å²) >= 11 is 6.65. The third-order valence-electron chi connectivity index (χ3n) is 4.17. The van der Waals surface area contributed by atoms with Crippen molar-refractivity contribution in [3.8, 4) is 5.69 Å². The Morgan fingerprint density at radius 1 is 1.46 bits per heavy atom. The van der Waals surface area contributed by atoms with E-state index in [4.69, 9.17) is 22.7 Å². The minimum atomic E-state index is -0.192. The van der Waals surface area contributed by atoms with Crippen molar-refractivity contribution in [2.45, 2.75) is 32.3 Å². The van der Waals surface area contributed by atoms with Crippen LogP contribution in [0.1, 0.15) is 35.0 Å². The number of hydrogen-bond acceptors (Lipinski definition) is 5. The van der Waals surface area contributed by atoms with Gasteiger partial charge in [0, 0.05) is 18.8 Å². The van der Waals surface area contributed by atoms with Crippen molar-refractivity contribution in [2.24, 2.45) is 0 Å². The highest BCUT2D eigenvalue weighted by atomic mass is 32.1. The summed E-state index contributed by atoms with van der Waals surface area (Å²) in [4.78, 5) is 12.9. The minimum Gasteiger partial charge on any atom is -0.383 e. The lowest BCUT2D eigenvalue weighted by molar-refractivity contribution is 0.0861. The minimum absolute atomic E-state index is 0.104. The monoisotopic (exact) mass is 363 g/mol. The number of carbonyl (C=O) groups is 1. The molecule has 1 amide bonds. The number of nitrogens with zero attached hydrogens (tertiary/aromatic N) is 1. The Balaban J connectivity index is 1.80. The number of hydrogen-bond donors (Lipinski definition) is 2. The smallest absolute Gasteiger partial charge is 0.265 e. The van der Waals surface area contributed by atoms with E-state index in [-0.39, 0.29) is 12.0 Å². The van der Waals surface area contributed by atoms with Gasteiger partial charge >= 0.3 is 0 Å². The maximum Gasteiger partial charge on any atom is 0.265 e. The largest absolute Gasteiger partial charge is 0.383 e. The number of aromatic nitrogens is 1. The van der Waals surface area contributed by atoms with Crippen molar-refractivity contribution in [1.82, 2.24) is 9.88 Å². The SMILES string of the molecule is CCc1ccc(-n2c(N)c(C(=O)NCC3CCCO3)sc2=S)cc1. The van der Waals surface area contributed by atoms with E-state index in [1.165, 1.54) is 16.9 Å². The second-order valence-electron chi connectivity index (χ2n) is 5.78. The number of nitrogens with one attached hydrogen (secondary N) is 1. The zero-order chi connectivity index (χ0) is 17.1. The number of benzene rings is 1. The van der Waals surface area contributed by atoms with Crippen LogP contribution in [0.15, 0.2) is 24.3 Å². The van der Waals surface area contributed by atoms with Crippen LogP contribution in [-0.2, 0) is 11.2 Å². The van der Waals surface area contributed by atoms with Gasteiger partial charge in [-0.25, -0.2) is 0 Å². The van der Waals surface area contributed by atoms with E-state index >= 15 is 0 Å². The van der Waals surface area contributed by atoms with Crippen LogP contribution in [0.5, 0.6) is 0 Å². The molecule has 1 saturated heterocycles. The maximum absolute atomic E-state index is 12.4. The molecule has 1 atom stereocenters. The molecule has 0 aliphatic carbocycles. The number of aryl methyl sites for hydroxylation is 1. The van der Waals surface area contributed by atoms with E-state index in [0.717, 1.165) is 31.6 Å². The fourth-order valence-electron chi connectivity index (χ4n) is 2.77. The van der Waals surface area contributed by atoms with Crippen LogP contribution in [-0.4, -0.2) is 29.7 Å². The van der Waals surface area contributed by atoms with Crippen LogP contribution in [0.25, 0.3) is 5.69 Å². The molecule has 0 bridgehead atoms. The summed E-state index contributed by atoms with van der Waals surface area (Å²) in [5.74, 6) is 0.196. The maximum atomic E-state index is 12.4. The molecule has 3 rings (SSSR count). The van der Waals surface area contributed by atoms with Gasteiger partial charge in [0.2, 0.25) is 0 Å². The second kappa shape index (κ2) is 7.46. The van der Waals surface area contributed by atoms with Crippen LogP contribution in [0.3, 0.4) is 0 Å². The Labute approximate surface area is 150 Å². The molecule has 2 heterocycles. The second-order valence-corrected chi connectivity index (χ2v) is 7.43. The van der Waals surface area contributed by atoms with Crippen molar-refractivity contribution >= 4 is 35.3 Å². The van der Waals surface area contributed by atoms with E-state index in [1.807, 2.05) is 24.3 Å². The van der Waals surface area contributed by atoms with E-state index < -0.39 is 0 Å². The number of amides is 1. The standard InChI is InChI=1S/C17H21N3O2S2/c1-2-11-5-7-12(8-6-11)20-15(18)14(24-17(20)23)16(21)19-10-13-4-3-9-22-13/h5-8,13H,2-4,9-10,18H2,1H3,(H,19,21). The Hall–Kier alpha value is -1.70. The number of carbonyl (C=O) groups excluding carboxylic acids is 1. The summed E-state index contributed by atoms with van der Waals surface area (Å²) in [6.07, 6.45) is 3.11. The molecule has 128 valence electrons. The number of rotatable bonds is 5. The molecule has 1 unspecified atom stereocenters. The van der Waals surface area contributed by atoms with Crippen molar-refractivity contribution in [2.75, 3.05) is 18.9 Å². The third-order valence-corrected chi connectivity index (χ3v) is 5.56. The summed E-state index contributed by atoms with van der Waals surface area (Å²) in [7, 11) is 0. The van der Waals surface area contributed by atoms with Gasteiger partial charge in [-0.05, 0) is 49.2 Å². The molecular weight excluding hydrogens is 342 g/mol. The van der Waals surface area contributed by atoms with Gasteiger partial charge in [-0.1, -0.05) is 30.4 Å². The highest BCUT2D eigenvalue weighted by molar-refractivity contribution is 7.73. The van der Waals surface area contributed by atoms with Crippen molar-refractivity contribution in [3.63, 3.8) is 0 Å². The van der Waals surface area contributed by atoms with Gasteiger partial charge < -0.3 is 15.8 Å². The predicted molar refractivity (Wildman–Crippen MR) is 99.6 cm³/mol. The highest BCUT2D eigenvalue weighted by Crippen LogP contribution is 2.26. The average molecular weight is 364 g/mol. The van der Waals surface area contributed by atoms with Crippen LogP contribution < -0.4 is 11.1 Å². The molecule has 0 spiro atoms. The molecule has 7 heteroatoms. The lowest BCUT2D eigenvalue weighted by Crippen LogP contribution is -2.31. The van der Waals surface area contributed by atoms with Crippen LogP contribution in [0.2, 0.25) is 0 Å². The quantitative estimate of drug-likeness (QED) is 0.800. The molecule has 1 aliphatic heterocycles. The summed E-state index contributed by atoms with van der Waals surface area (Å²) in [5, 5.41) is 2.90. The molecule has 1 aromatic carbocycles. The fraction of sp³-hybridized carbons (Fsp3) is 0.412.